The molecule has 1 fully saturated rings. The molecule has 0 spiro atoms. The molecule has 3 amide bonds. The summed E-state index contributed by atoms with van der Waals surface area (Å²) in [5.74, 6) is -8.37. The summed E-state index contributed by atoms with van der Waals surface area (Å²) in [5.41, 5.74) is 1.84. The van der Waals surface area contributed by atoms with E-state index in [4.69, 9.17) is 0 Å². The average molecular weight is 1340 g/mol. The molecule has 0 aliphatic carbocycles. The fraction of sp³-hybridized carbons (Fsp3) is 0.420. The molecule has 1 saturated heterocycles. The number of imidazole rings is 1. The molecule has 3 aromatic carbocycles. The van der Waals surface area contributed by atoms with Crippen LogP contribution in [0.2, 0.25) is 0 Å². The predicted octanol–water partition coefficient (Wildman–Crippen LogP) is -2.67. The van der Waals surface area contributed by atoms with Gasteiger partial charge in [-0.1, -0.05) is 24.3 Å². The first-order chi connectivity index (χ1) is 40.2. The molecule has 465 valence electrons. The van der Waals surface area contributed by atoms with Gasteiger partial charge < -0.3 is 46.7 Å². The number of hydrogen-bond donors (Lipinski definition) is 12. The zero-order chi connectivity index (χ0) is 61.9. The quantitative estimate of drug-likeness (QED) is 0.0165. The Morgan fingerprint density at radius 3 is 1.64 bits per heavy atom. The molecule has 1 aliphatic heterocycles. The normalized spacial score (nSPS) is 15.2. The molecule has 3 heterocycles. The van der Waals surface area contributed by atoms with Gasteiger partial charge in [0.1, 0.15) is 17.8 Å². The molecule has 2 unspecified atom stereocenters. The van der Waals surface area contributed by atoms with Crippen molar-refractivity contribution in [3.8, 4) is 11.1 Å². The van der Waals surface area contributed by atoms with Gasteiger partial charge in [0.2, 0.25) is 31.9 Å². The van der Waals surface area contributed by atoms with Gasteiger partial charge in [0.05, 0.1) is 47.7 Å². The number of carboxylic acids is 4. The second-order valence-corrected chi connectivity index (χ2v) is 24.5. The summed E-state index contributed by atoms with van der Waals surface area (Å²) in [4.78, 5) is 99.3. The summed E-state index contributed by atoms with van der Waals surface area (Å²) < 4.78 is 92.9. The number of benzene rings is 3. The number of sulfonamides is 2. The van der Waals surface area contributed by atoms with Gasteiger partial charge in [0.25, 0.3) is 16.0 Å². The zero-order valence-corrected chi connectivity index (χ0v) is 51.4. The third kappa shape index (κ3) is 22.8. The number of amides is 3. The van der Waals surface area contributed by atoms with E-state index < -0.39 is 129 Å². The van der Waals surface area contributed by atoms with Crippen LogP contribution in [0.15, 0.2) is 95.1 Å². The van der Waals surface area contributed by atoms with E-state index in [9.17, 15) is 83.8 Å². The Hall–Kier alpha value is -6.90. The van der Waals surface area contributed by atoms with E-state index in [1.165, 1.54) is 63.2 Å². The number of carbonyl (C=O) groups excluding carboxylic acids is 3. The van der Waals surface area contributed by atoms with E-state index in [0.717, 1.165) is 11.9 Å². The maximum Gasteiger partial charge on any atom is 0.323 e. The Bertz CT molecular complexity index is 3460. The van der Waals surface area contributed by atoms with Crippen LogP contribution in [0.3, 0.4) is 0 Å². The van der Waals surface area contributed by atoms with E-state index in [1.807, 2.05) is 0 Å². The van der Waals surface area contributed by atoms with Crippen LogP contribution in [0, 0.1) is 0 Å². The van der Waals surface area contributed by atoms with Gasteiger partial charge in [-0.05, 0) is 60.0 Å². The number of fused-ring (bicyclic) bond motifs is 1. The number of rotatable bonds is 30. The molecule has 0 bridgehead atoms. The van der Waals surface area contributed by atoms with Gasteiger partial charge >= 0.3 is 23.9 Å². The molecule has 6 rings (SSSR count). The molecule has 1 radical (unpaired) electrons. The molecule has 12 N–H and O–H groups in total. The van der Waals surface area contributed by atoms with Crippen LogP contribution in [0.5, 0.6) is 0 Å². The fourth-order valence-electron chi connectivity index (χ4n) is 8.79. The van der Waals surface area contributed by atoms with Crippen molar-refractivity contribution in [2.24, 2.45) is 0 Å². The molecular weight excluding hydrogens is 1270 g/mol. The third-order valence-corrected chi connectivity index (χ3v) is 16.8. The predicted molar refractivity (Wildman–Crippen MR) is 303 cm³/mol. The number of anilines is 1. The number of carboxylic acid groups (broad SMARTS) is 4. The average Bonchev–Trinajstić information content (AvgIpc) is 2.78. The van der Waals surface area contributed by atoms with Gasteiger partial charge in [-0.2, -0.15) is 18.2 Å². The molecule has 32 nitrogen and oxygen atoms in total. The van der Waals surface area contributed by atoms with Crippen molar-refractivity contribution < 1.29 is 117 Å². The molecule has 5 aromatic rings. The van der Waals surface area contributed by atoms with Crippen LogP contribution in [-0.4, -0.2) is 254 Å². The number of nitrogens with one attached hydrogen (secondary N) is 7. The van der Waals surface area contributed by atoms with Crippen molar-refractivity contribution >= 4 is 88.6 Å². The van der Waals surface area contributed by atoms with Crippen LogP contribution in [-0.2, 0) is 98.2 Å². The Morgan fingerprint density at radius 1 is 0.628 bits per heavy atom. The molecule has 36 heteroatoms. The van der Waals surface area contributed by atoms with E-state index in [0.29, 0.717) is 35.6 Å². The van der Waals surface area contributed by atoms with E-state index in [1.54, 1.807) is 46.4 Å². The first-order valence-corrected chi connectivity index (χ1v) is 30.8. The molecule has 2 atom stereocenters. The Morgan fingerprint density at radius 2 is 1.15 bits per heavy atom. The monoisotopic (exact) mass is 1340 g/mol. The first kappa shape index (κ1) is 69.9. The topological polar surface area (TPSA) is 455 Å². The van der Waals surface area contributed by atoms with Gasteiger partial charge in [0, 0.05) is 141 Å². The Labute approximate surface area is 519 Å². The number of aliphatic carboxylic acids is 4. The second-order valence-electron chi connectivity index (χ2n) is 19.5. The summed E-state index contributed by atoms with van der Waals surface area (Å²) in [6, 6.07) is 11.7. The molecule has 1 aliphatic rings. The fourth-order valence-corrected chi connectivity index (χ4v) is 11.7. The number of aromatic nitrogens is 4. The van der Waals surface area contributed by atoms with E-state index >= 15 is 0 Å². The smallest absolute Gasteiger partial charge is 0.323 e. The van der Waals surface area contributed by atoms with Gasteiger partial charge in [-0.25, -0.2) is 26.5 Å². The maximum atomic E-state index is 13.4. The first-order valence-electron chi connectivity index (χ1n) is 26.2. The number of hydrogen-bond acceptors (Lipinski definition) is 20. The largest absolute Gasteiger partial charge is 0.480 e. The van der Waals surface area contributed by atoms with Crippen LogP contribution < -0.4 is 30.7 Å². The SMILES string of the molecule is O=C(O)CN1CCN(CC(=O)O)CCN(CC(=O)NC(CS(=O)(=O)O)C(=O)NCCNS(=O)(=O)c2ccc(-c3ccc(S(=O)(=O)NC(CNC(=O)c4ccc5c(cnn5CCCNc5ncc[nH]5)c4)C(=O)O)cc3)cc2)CCN(CC(=O)O)CC1.[90Y]. The Kier molecular flexibility index (Phi) is 26.6. The maximum absolute atomic E-state index is 13.4. The van der Waals surface area contributed by atoms with Crippen molar-refractivity contribution in [1.82, 2.24) is 64.7 Å². The summed E-state index contributed by atoms with van der Waals surface area (Å²) in [6.07, 6.45) is 5.65. The summed E-state index contributed by atoms with van der Waals surface area (Å²) in [6.45, 7) is -1.47. The van der Waals surface area contributed by atoms with Crippen molar-refractivity contribution in [2.45, 2.75) is 34.8 Å². The summed E-state index contributed by atoms with van der Waals surface area (Å²) >= 11 is 0. The zero-order valence-electron chi connectivity index (χ0n) is 46.1. The molecule has 2 aromatic heterocycles. The van der Waals surface area contributed by atoms with Gasteiger partial charge in [-0.3, -0.25) is 62.4 Å². The van der Waals surface area contributed by atoms with Gasteiger partial charge in [0.15, 0.2) is 5.95 Å². The summed E-state index contributed by atoms with van der Waals surface area (Å²) in [7, 11) is -13.6. The van der Waals surface area contributed by atoms with E-state index in [2.05, 4.69) is 45.8 Å². The van der Waals surface area contributed by atoms with Crippen LogP contribution in [0.4, 0.5) is 5.95 Å². The molecular formula is C50H66N14O18S3Y. The van der Waals surface area contributed by atoms with Crippen LogP contribution in [0.25, 0.3) is 22.0 Å². The second kappa shape index (κ2) is 32.7. The summed E-state index contributed by atoms with van der Waals surface area (Å²) in [5, 5.41) is 53.5. The van der Waals surface area contributed by atoms with Crippen LogP contribution >= 0.6 is 0 Å². The number of carbonyl (C=O) groups is 7. The third-order valence-electron chi connectivity index (χ3n) is 13.1. The van der Waals surface area contributed by atoms with Crippen molar-refractivity contribution in [2.75, 3.05) is 116 Å². The van der Waals surface area contributed by atoms with Crippen molar-refractivity contribution in [1.29, 1.82) is 0 Å². The number of H-pyrrole nitrogens is 1. The number of aromatic amines is 1. The Balaban J connectivity index is 0.0000135. The molecule has 86 heavy (non-hydrogen) atoms. The van der Waals surface area contributed by atoms with E-state index in [-0.39, 0.29) is 107 Å². The van der Waals surface area contributed by atoms with Crippen LogP contribution in [0.1, 0.15) is 16.8 Å². The minimum Gasteiger partial charge on any atom is -0.480 e. The molecule has 0 saturated carbocycles. The number of nitrogens with zero attached hydrogens (tertiary/aromatic N) is 7. The standard InChI is InChI=1S/C50H66N14O18S3.Y/c65-43(29-60-18-20-61(30-44(66)67)22-24-63(32-46(70)71)25-23-62(21-19-60)31-45(68)69)58-41(33-83(76,77)78)48(73)51-15-16-57-84(79,80)38-7-2-34(3-8-38)35-4-9-39(10-5-35)85(81,82)59-40(49(74)75)28-55-47(72)36-6-11-42-37(26-36)27-56-64(42)17-1-12-52-50-53-13-14-54-50;/h2-11,13-14,26-27,40-41,57,59H,1,12,15-25,28-33H2,(H,51,73)(H,55,72)(H,58,65)(H,66,67)(H,68,69)(H,70,71)(H,74,75)(H2,52,53,54)(H,76,77,78);/i;1+1. The minimum atomic E-state index is -4.91. The number of aryl methyl sites for hydroxylation is 1. The van der Waals surface area contributed by atoms with Gasteiger partial charge in [-0.15, -0.1) is 0 Å². The van der Waals surface area contributed by atoms with Crippen molar-refractivity contribution in [3.63, 3.8) is 0 Å². The minimum absolute atomic E-state index is 0. The van der Waals surface area contributed by atoms with Crippen molar-refractivity contribution in [3.05, 3.63) is 90.9 Å².